The number of hydrogen-bond acceptors (Lipinski definition) is 2. The molecule has 0 amide bonds. The number of anilines is 1. The molecular formula is C11H18BrN3. The second kappa shape index (κ2) is 4.16. The summed E-state index contributed by atoms with van der Waals surface area (Å²) in [5.74, 6) is 2.28. The summed E-state index contributed by atoms with van der Waals surface area (Å²) in [4.78, 5) is 0. The van der Waals surface area contributed by atoms with Crippen molar-refractivity contribution in [2.45, 2.75) is 39.2 Å². The minimum atomic E-state index is 0.479. The molecule has 1 aromatic heterocycles. The van der Waals surface area contributed by atoms with E-state index in [0.717, 1.165) is 16.2 Å². The molecular weight excluding hydrogens is 254 g/mol. The first-order valence-electron chi connectivity index (χ1n) is 5.58. The van der Waals surface area contributed by atoms with Crippen LogP contribution in [0, 0.1) is 11.8 Å². The largest absolute Gasteiger partial charge is 0.383 e. The number of aromatic nitrogens is 2. The first-order chi connectivity index (χ1) is 7.09. The van der Waals surface area contributed by atoms with Crippen molar-refractivity contribution in [3.63, 3.8) is 0 Å². The van der Waals surface area contributed by atoms with Gasteiger partial charge in [-0.3, -0.25) is 0 Å². The van der Waals surface area contributed by atoms with Crippen LogP contribution >= 0.6 is 15.9 Å². The van der Waals surface area contributed by atoms with Crippen molar-refractivity contribution in [3.8, 4) is 0 Å². The Morgan fingerprint density at radius 2 is 2.20 bits per heavy atom. The highest BCUT2D eigenvalue weighted by Gasteiger charge is 2.28. The molecule has 1 heterocycles. The lowest BCUT2D eigenvalue weighted by atomic mass is 9.80. The average molecular weight is 272 g/mol. The predicted molar refractivity (Wildman–Crippen MR) is 65.6 cm³/mol. The fourth-order valence-electron chi connectivity index (χ4n) is 2.63. The summed E-state index contributed by atoms with van der Waals surface area (Å²) in [6.45, 7) is 4.63. The Balaban J connectivity index is 2.20. The van der Waals surface area contributed by atoms with E-state index in [9.17, 15) is 0 Å². The predicted octanol–water partition coefficient (Wildman–Crippen LogP) is 3.23. The Bertz CT molecular complexity index is 348. The molecule has 2 rings (SSSR count). The SMILES string of the molecule is CC1CCC(n2ncc(Br)c2N)C(C)C1. The molecule has 1 saturated carbocycles. The summed E-state index contributed by atoms with van der Waals surface area (Å²) in [7, 11) is 0. The third kappa shape index (κ3) is 2.05. The smallest absolute Gasteiger partial charge is 0.136 e. The van der Waals surface area contributed by atoms with E-state index in [1.807, 2.05) is 4.68 Å². The van der Waals surface area contributed by atoms with Crippen LogP contribution in [0.25, 0.3) is 0 Å². The van der Waals surface area contributed by atoms with Crippen LogP contribution in [-0.4, -0.2) is 9.78 Å². The maximum Gasteiger partial charge on any atom is 0.136 e. The molecule has 0 saturated heterocycles. The van der Waals surface area contributed by atoms with Crippen molar-refractivity contribution < 1.29 is 0 Å². The van der Waals surface area contributed by atoms with Crippen molar-refractivity contribution >= 4 is 21.7 Å². The van der Waals surface area contributed by atoms with Gasteiger partial charge in [0, 0.05) is 0 Å². The first kappa shape index (κ1) is 11.0. The van der Waals surface area contributed by atoms with E-state index in [2.05, 4.69) is 34.9 Å². The quantitative estimate of drug-likeness (QED) is 0.853. The van der Waals surface area contributed by atoms with Crippen LogP contribution in [0.15, 0.2) is 10.7 Å². The van der Waals surface area contributed by atoms with E-state index in [-0.39, 0.29) is 0 Å². The summed E-state index contributed by atoms with van der Waals surface area (Å²) in [6.07, 6.45) is 5.55. The van der Waals surface area contributed by atoms with E-state index < -0.39 is 0 Å². The fourth-order valence-corrected chi connectivity index (χ4v) is 2.90. The van der Waals surface area contributed by atoms with Crippen LogP contribution < -0.4 is 5.73 Å². The number of nitrogen functional groups attached to an aromatic ring is 1. The lowest BCUT2D eigenvalue weighted by Crippen LogP contribution is -2.26. The van der Waals surface area contributed by atoms with Crippen LogP contribution in [0.5, 0.6) is 0 Å². The zero-order chi connectivity index (χ0) is 11.0. The number of nitrogens with zero attached hydrogens (tertiary/aromatic N) is 2. The molecule has 1 fully saturated rings. The number of nitrogens with two attached hydrogens (primary N) is 1. The minimum Gasteiger partial charge on any atom is -0.383 e. The number of halogens is 1. The third-order valence-corrected chi connectivity index (χ3v) is 4.10. The van der Waals surface area contributed by atoms with Crippen molar-refractivity contribution in [1.82, 2.24) is 9.78 Å². The monoisotopic (exact) mass is 271 g/mol. The molecule has 2 N–H and O–H groups in total. The van der Waals surface area contributed by atoms with Gasteiger partial charge in [0.15, 0.2) is 0 Å². The van der Waals surface area contributed by atoms with Gasteiger partial charge >= 0.3 is 0 Å². The Morgan fingerprint density at radius 3 is 2.73 bits per heavy atom. The Kier molecular flexibility index (Phi) is 3.05. The van der Waals surface area contributed by atoms with E-state index in [1.54, 1.807) is 6.20 Å². The van der Waals surface area contributed by atoms with Gasteiger partial charge in [0.05, 0.1) is 16.7 Å². The molecule has 15 heavy (non-hydrogen) atoms. The van der Waals surface area contributed by atoms with Gasteiger partial charge in [-0.1, -0.05) is 13.8 Å². The molecule has 84 valence electrons. The number of hydrogen-bond donors (Lipinski definition) is 1. The van der Waals surface area contributed by atoms with Crippen molar-refractivity contribution in [2.24, 2.45) is 11.8 Å². The second-order valence-corrected chi connectivity index (χ2v) is 5.64. The van der Waals surface area contributed by atoms with E-state index in [1.165, 1.54) is 19.3 Å². The molecule has 3 unspecified atom stereocenters. The van der Waals surface area contributed by atoms with Gasteiger partial charge in [0.1, 0.15) is 5.82 Å². The van der Waals surface area contributed by atoms with E-state index >= 15 is 0 Å². The lowest BCUT2D eigenvalue weighted by Gasteiger charge is -2.33. The summed E-state index contributed by atoms with van der Waals surface area (Å²) >= 11 is 3.41. The highest BCUT2D eigenvalue weighted by atomic mass is 79.9. The van der Waals surface area contributed by atoms with Crippen LogP contribution in [0.2, 0.25) is 0 Å². The minimum absolute atomic E-state index is 0.479. The summed E-state index contributed by atoms with van der Waals surface area (Å²) in [5, 5.41) is 4.36. The van der Waals surface area contributed by atoms with Gasteiger partial charge in [0.2, 0.25) is 0 Å². The Hall–Kier alpha value is -0.510. The van der Waals surface area contributed by atoms with Gasteiger partial charge in [-0.05, 0) is 47.0 Å². The van der Waals surface area contributed by atoms with Gasteiger partial charge in [-0.15, -0.1) is 0 Å². The van der Waals surface area contributed by atoms with E-state index in [4.69, 9.17) is 5.73 Å². The van der Waals surface area contributed by atoms with Gasteiger partial charge in [-0.25, -0.2) is 4.68 Å². The molecule has 1 aromatic rings. The Labute approximate surface area is 99.2 Å². The molecule has 0 bridgehead atoms. The van der Waals surface area contributed by atoms with Crippen molar-refractivity contribution in [2.75, 3.05) is 5.73 Å². The summed E-state index contributed by atoms with van der Waals surface area (Å²) < 4.78 is 2.90. The third-order valence-electron chi connectivity index (χ3n) is 3.49. The highest BCUT2D eigenvalue weighted by molar-refractivity contribution is 9.10. The second-order valence-electron chi connectivity index (χ2n) is 4.79. The van der Waals surface area contributed by atoms with Crippen molar-refractivity contribution in [1.29, 1.82) is 0 Å². The standard InChI is InChI=1S/C11H18BrN3/c1-7-3-4-10(8(2)5-7)15-11(13)9(12)6-14-15/h6-8,10H,3-5,13H2,1-2H3. The summed E-state index contributed by atoms with van der Waals surface area (Å²) in [5.41, 5.74) is 5.98. The average Bonchev–Trinajstić information content (AvgIpc) is 2.49. The van der Waals surface area contributed by atoms with Gasteiger partial charge in [0.25, 0.3) is 0 Å². The van der Waals surface area contributed by atoms with Crippen LogP contribution in [0.4, 0.5) is 5.82 Å². The zero-order valence-electron chi connectivity index (χ0n) is 9.28. The Morgan fingerprint density at radius 1 is 1.47 bits per heavy atom. The normalized spacial score (nSPS) is 31.8. The van der Waals surface area contributed by atoms with Gasteiger partial charge < -0.3 is 5.73 Å². The molecule has 3 nitrogen and oxygen atoms in total. The fraction of sp³-hybridized carbons (Fsp3) is 0.727. The maximum atomic E-state index is 5.98. The van der Waals surface area contributed by atoms with Crippen molar-refractivity contribution in [3.05, 3.63) is 10.7 Å². The highest BCUT2D eigenvalue weighted by Crippen LogP contribution is 2.38. The van der Waals surface area contributed by atoms with Crippen LogP contribution in [0.3, 0.4) is 0 Å². The van der Waals surface area contributed by atoms with Gasteiger partial charge in [-0.2, -0.15) is 5.10 Å². The van der Waals surface area contributed by atoms with E-state index in [0.29, 0.717) is 12.0 Å². The van der Waals surface area contributed by atoms with Crippen LogP contribution in [-0.2, 0) is 0 Å². The molecule has 1 aliphatic rings. The first-order valence-corrected chi connectivity index (χ1v) is 6.37. The molecule has 0 radical (unpaired) electrons. The lowest BCUT2D eigenvalue weighted by molar-refractivity contribution is 0.197. The molecule has 0 aromatic carbocycles. The molecule has 3 atom stereocenters. The number of rotatable bonds is 1. The zero-order valence-corrected chi connectivity index (χ0v) is 10.9. The molecule has 1 aliphatic carbocycles. The topological polar surface area (TPSA) is 43.8 Å². The molecule has 4 heteroatoms. The summed E-state index contributed by atoms with van der Waals surface area (Å²) in [6, 6.07) is 0.479. The van der Waals surface area contributed by atoms with Crippen LogP contribution in [0.1, 0.15) is 39.2 Å². The molecule has 0 aliphatic heterocycles. The maximum absolute atomic E-state index is 5.98. The molecule has 0 spiro atoms.